The molecule has 2 atom stereocenters. The lowest BCUT2D eigenvalue weighted by atomic mass is 9.98. The first-order valence-corrected chi connectivity index (χ1v) is 9.94. The van der Waals surface area contributed by atoms with Gasteiger partial charge in [0.15, 0.2) is 0 Å². The van der Waals surface area contributed by atoms with Gasteiger partial charge in [0.1, 0.15) is 12.1 Å². The van der Waals surface area contributed by atoms with Gasteiger partial charge in [0.2, 0.25) is 11.8 Å². The van der Waals surface area contributed by atoms with Gasteiger partial charge in [-0.25, -0.2) is 0 Å². The lowest BCUT2D eigenvalue weighted by molar-refractivity contribution is -0.153. The smallest absolute Gasteiger partial charge is 0.246 e. The van der Waals surface area contributed by atoms with Crippen molar-refractivity contribution >= 4 is 11.8 Å². The topological polar surface area (TPSA) is 52.6 Å². The molecular weight excluding hydrogens is 350 g/mol. The van der Waals surface area contributed by atoms with E-state index in [1.807, 2.05) is 30.3 Å². The van der Waals surface area contributed by atoms with Crippen LogP contribution in [0.25, 0.3) is 0 Å². The van der Waals surface area contributed by atoms with Gasteiger partial charge in [-0.15, -0.1) is 0 Å². The Morgan fingerprint density at radius 3 is 2.61 bits per heavy atom. The highest BCUT2D eigenvalue weighted by Crippen LogP contribution is 2.21. The lowest BCUT2D eigenvalue weighted by Crippen LogP contribution is -2.69. The first-order chi connectivity index (χ1) is 13.5. The van der Waals surface area contributed by atoms with E-state index in [1.165, 1.54) is 16.7 Å². The van der Waals surface area contributed by atoms with Crippen molar-refractivity contribution in [2.75, 3.05) is 19.6 Å². The Morgan fingerprint density at radius 1 is 1.04 bits per heavy atom. The van der Waals surface area contributed by atoms with Crippen molar-refractivity contribution in [1.82, 2.24) is 15.1 Å². The second kappa shape index (κ2) is 7.76. The van der Waals surface area contributed by atoms with E-state index in [-0.39, 0.29) is 11.8 Å². The van der Waals surface area contributed by atoms with E-state index in [9.17, 15) is 9.59 Å². The van der Waals surface area contributed by atoms with Crippen molar-refractivity contribution in [1.29, 1.82) is 0 Å². The molecule has 2 amide bonds. The Balaban J connectivity index is 1.43. The predicted molar refractivity (Wildman–Crippen MR) is 109 cm³/mol. The summed E-state index contributed by atoms with van der Waals surface area (Å²) in [5, 5.41) is 2.96. The normalized spacial score (nSPS) is 22.7. The third-order valence-electron chi connectivity index (χ3n) is 5.85. The molecule has 1 N–H and O–H groups in total. The van der Waals surface area contributed by atoms with Gasteiger partial charge < -0.3 is 10.2 Å². The molecule has 2 heterocycles. The van der Waals surface area contributed by atoms with Crippen LogP contribution in [0, 0.1) is 13.8 Å². The van der Waals surface area contributed by atoms with Crippen LogP contribution < -0.4 is 5.32 Å². The summed E-state index contributed by atoms with van der Waals surface area (Å²) in [6.07, 6.45) is 0.542. The van der Waals surface area contributed by atoms with Gasteiger partial charge in [-0.05, 0) is 30.5 Å². The number of carbonyl (C=O) groups excluding carboxylic acids is 2. The summed E-state index contributed by atoms with van der Waals surface area (Å²) in [7, 11) is 0. The molecule has 2 aromatic carbocycles. The molecule has 0 radical (unpaired) electrons. The molecular formula is C23H27N3O2. The van der Waals surface area contributed by atoms with E-state index in [2.05, 4.69) is 42.3 Å². The summed E-state index contributed by atoms with van der Waals surface area (Å²) < 4.78 is 0. The molecule has 2 aromatic rings. The van der Waals surface area contributed by atoms with Crippen LogP contribution in [-0.4, -0.2) is 53.3 Å². The van der Waals surface area contributed by atoms with Crippen molar-refractivity contribution in [3.8, 4) is 0 Å². The van der Waals surface area contributed by atoms with E-state index < -0.39 is 12.1 Å². The number of aryl methyl sites for hydroxylation is 2. The van der Waals surface area contributed by atoms with Gasteiger partial charge in [0.05, 0.1) is 0 Å². The largest absolute Gasteiger partial charge is 0.342 e. The van der Waals surface area contributed by atoms with Gasteiger partial charge in [-0.2, -0.15) is 0 Å². The molecule has 28 heavy (non-hydrogen) atoms. The number of carbonyl (C=O) groups is 2. The maximum Gasteiger partial charge on any atom is 0.246 e. The molecule has 0 bridgehead atoms. The Hall–Kier alpha value is -2.66. The standard InChI is InChI=1S/C23H27N3O2/c1-16-8-9-17(2)19(12-16)14-25-10-11-26-21(15-25)22(27)24-20(23(26)28)13-18-6-4-3-5-7-18/h3-9,12,20-21H,10-11,13-15H2,1-2H3,(H,24,27)/t20-,21+/m0/s1. The number of hydrogen-bond acceptors (Lipinski definition) is 3. The molecule has 2 aliphatic rings. The predicted octanol–water partition coefficient (Wildman–Crippen LogP) is 2.06. The first kappa shape index (κ1) is 18.7. The van der Waals surface area contributed by atoms with Crippen LogP contribution in [-0.2, 0) is 22.6 Å². The molecule has 2 saturated heterocycles. The first-order valence-electron chi connectivity index (χ1n) is 9.94. The summed E-state index contributed by atoms with van der Waals surface area (Å²) in [6, 6.07) is 15.5. The van der Waals surface area contributed by atoms with Crippen LogP contribution in [0.4, 0.5) is 0 Å². The Morgan fingerprint density at radius 2 is 1.82 bits per heavy atom. The molecule has 5 nitrogen and oxygen atoms in total. The summed E-state index contributed by atoms with van der Waals surface area (Å²) in [4.78, 5) is 29.8. The molecule has 0 aromatic heterocycles. The molecule has 0 spiro atoms. The second-order valence-corrected chi connectivity index (χ2v) is 7.96. The maximum atomic E-state index is 13.0. The SMILES string of the molecule is Cc1ccc(C)c(CN2CCN3C(=O)[C@H](Cc4ccccc4)NC(=O)[C@H]3C2)c1. The summed E-state index contributed by atoms with van der Waals surface area (Å²) in [5.41, 5.74) is 4.86. The summed E-state index contributed by atoms with van der Waals surface area (Å²) in [6.45, 7) is 7.01. The number of piperazine rings is 2. The summed E-state index contributed by atoms with van der Waals surface area (Å²) >= 11 is 0. The third-order valence-corrected chi connectivity index (χ3v) is 5.85. The van der Waals surface area contributed by atoms with Crippen molar-refractivity contribution in [3.63, 3.8) is 0 Å². The molecule has 2 fully saturated rings. The Bertz CT molecular complexity index is 881. The van der Waals surface area contributed by atoms with E-state index >= 15 is 0 Å². The van der Waals surface area contributed by atoms with Crippen molar-refractivity contribution in [3.05, 3.63) is 70.8 Å². The number of hydrogen-bond donors (Lipinski definition) is 1. The number of nitrogens with zero attached hydrogens (tertiary/aromatic N) is 2. The number of fused-ring (bicyclic) bond motifs is 1. The highest BCUT2D eigenvalue weighted by Gasteiger charge is 2.43. The number of rotatable bonds is 4. The lowest BCUT2D eigenvalue weighted by Gasteiger charge is -2.45. The van der Waals surface area contributed by atoms with Crippen LogP contribution in [0.2, 0.25) is 0 Å². The molecule has 5 heteroatoms. The third kappa shape index (κ3) is 3.80. The van der Waals surface area contributed by atoms with Crippen LogP contribution in [0.1, 0.15) is 22.3 Å². The fourth-order valence-electron chi connectivity index (χ4n) is 4.20. The molecule has 0 unspecified atom stereocenters. The highest BCUT2D eigenvalue weighted by atomic mass is 16.2. The van der Waals surface area contributed by atoms with Gasteiger partial charge in [-0.3, -0.25) is 14.5 Å². The molecule has 146 valence electrons. The van der Waals surface area contributed by atoms with E-state index in [1.54, 1.807) is 4.90 Å². The van der Waals surface area contributed by atoms with Gasteiger partial charge in [-0.1, -0.05) is 54.1 Å². The number of nitrogens with one attached hydrogen (secondary N) is 1. The van der Waals surface area contributed by atoms with E-state index in [4.69, 9.17) is 0 Å². The van der Waals surface area contributed by atoms with Crippen LogP contribution in [0.3, 0.4) is 0 Å². The fraction of sp³-hybridized carbons (Fsp3) is 0.391. The second-order valence-electron chi connectivity index (χ2n) is 7.96. The Labute approximate surface area is 166 Å². The monoisotopic (exact) mass is 377 g/mol. The van der Waals surface area contributed by atoms with E-state index in [0.717, 1.165) is 18.7 Å². The number of benzene rings is 2. The van der Waals surface area contributed by atoms with Crippen molar-refractivity contribution in [2.24, 2.45) is 0 Å². The van der Waals surface area contributed by atoms with Crippen molar-refractivity contribution < 1.29 is 9.59 Å². The van der Waals surface area contributed by atoms with Gasteiger partial charge in [0.25, 0.3) is 0 Å². The van der Waals surface area contributed by atoms with Gasteiger partial charge in [0, 0.05) is 32.6 Å². The van der Waals surface area contributed by atoms with Crippen LogP contribution in [0.15, 0.2) is 48.5 Å². The average molecular weight is 377 g/mol. The molecule has 4 rings (SSSR count). The van der Waals surface area contributed by atoms with Crippen molar-refractivity contribution in [2.45, 2.75) is 38.9 Å². The van der Waals surface area contributed by atoms with Crippen LogP contribution in [0.5, 0.6) is 0 Å². The number of amides is 2. The maximum absolute atomic E-state index is 13.0. The fourth-order valence-corrected chi connectivity index (χ4v) is 4.20. The molecule has 0 saturated carbocycles. The Kier molecular flexibility index (Phi) is 5.18. The molecule has 2 aliphatic heterocycles. The summed E-state index contributed by atoms with van der Waals surface area (Å²) in [5.74, 6) is 0.00559. The minimum Gasteiger partial charge on any atom is -0.342 e. The average Bonchev–Trinajstić information content (AvgIpc) is 2.69. The molecule has 0 aliphatic carbocycles. The highest BCUT2D eigenvalue weighted by molar-refractivity contribution is 5.97. The minimum atomic E-state index is -0.461. The quantitative estimate of drug-likeness (QED) is 0.887. The van der Waals surface area contributed by atoms with Gasteiger partial charge >= 0.3 is 0 Å². The zero-order valence-electron chi connectivity index (χ0n) is 16.5. The zero-order valence-corrected chi connectivity index (χ0v) is 16.5. The van der Waals surface area contributed by atoms with E-state index in [0.29, 0.717) is 19.5 Å². The zero-order chi connectivity index (χ0) is 19.7. The minimum absolute atomic E-state index is 0.0359. The van der Waals surface area contributed by atoms with Crippen LogP contribution >= 0.6 is 0 Å².